The van der Waals surface area contributed by atoms with Gasteiger partial charge < -0.3 is 14.1 Å². The van der Waals surface area contributed by atoms with E-state index in [2.05, 4.69) is 9.97 Å². The van der Waals surface area contributed by atoms with Crippen molar-refractivity contribution in [3.05, 3.63) is 90.4 Å². The predicted molar refractivity (Wildman–Crippen MR) is 110 cm³/mol. The summed E-state index contributed by atoms with van der Waals surface area (Å²) in [7, 11) is 1.76. The molecule has 4 rings (SSSR count). The number of hydrogen-bond donors (Lipinski definition) is 0. The monoisotopic (exact) mass is 387 g/mol. The Kier molecular flexibility index (Phi) is 5.52. The van der Waals surface area contributed by atoms with E-state index < -0.39 is 0 Å². The molecule has 6 nitrogen and oxygen atoms in total. The van der Waals surface area contributed by atoms with Crippen molar-refractivity contribution in [1.82, 2.24) is 14.9 Å². The number of rotatable bonds is 7. The minimum atomic E-state index is -0.174. The van der Waals surface area contributed by atoms with E-state index in [-0.39, 0.29) is 18.2 Å². The SMILES string of the molecule is CN(CCc1ccccc1)C(=O)c1coc(COc2cccc3cnccc23)n1. The molecule has 6 heteroatoms. The summed E-state index contributed by atoms with van der Waals surface area (Å²) in [6.07, 6.45) is 5.68. The van der Waals surface area contributed by atoms with E-state index in [1.54, 1.807) is 24.3 Å². The molecule has 0 aliphatic carbocycles. The Morgan fingerprint density at radius 3 is 2.83 bits per heavy atom. The van der Waals surface area contributed by atoms with Crippen LogP contribution in [0.5, 0.6) is 5.75 Å². The Morgan fingerprint density at radius 2 is 1.97 bits per heavy atom. The second-order valence-corrected chi connectivity index (χ2v) is 6.73. The maximum Gasteiger partial charge on any atom is 0.275 e. The molecule has 0 bridgehead atoms. The highest BCUT2D eigenvalue weighted by atomic mass is 16.5. The lowest BCUT2D eigenvalue weighted by atomic mass is 10.1. The van der Waals surface area contributed by atoms with E-state index in [9.17, 15) is 4.79 Å². The van der Waals surface area contributed by atoms with E-state index in [0.29, 0.717) is 12.4 Å². The molecule has 2 aromatic carbocycles. The highest BCUT2D eigenvalue weighted by Gasteiger charge is 2.17. The Morgan fingerprint density at radius 1 is 1.10 bits per heavy atom. The third-order valence-corrected chi connectivity index (χ3v) is 4.69. The quantitative estimate of drug-likeness (QED) is 0.477. The Bertz CT molecular complexity index is 1100. The fourth-order valence-electron chi connectivity index (χ4n) is 3.07. The highest BCUT2D eigenvalue weighted by molar-refractivity contribution is 5.91. The molecule has 4 aromatic rings. The smallest absolute Gasteiger partial charge is 0.275 e. The van der Waals surface area contributed by atoms with Crippen LogP contribution in [-0.2, 0) is 13.0 Å². The average Bonchev–Trinajstić information content (AvgIpc) is 3.25. The van der Waals surface area contributed by atoms with Crippen LogP contribution in [0.15, 0.2) is 77.7 Å². The van der Waals surface area contributed by atoms with Gasteiger partial charge in [-0.3, -0.25) is 9.78 Å². The number of pyridine rings is 1. The molecule has 0 aliphatic rings. The van der Waals surface area contributed by atoms with Crippen molar-refractivity contribution in [2.75, 3.05) is 13.6 Å². The van der Waals surface area contributed by atoms with E-state index in [0.717, 1.165) is 22.9 Å². The number of amides is 1. The first-order valence-electron chi connectivity index (χ1n) is 9.40. The lowest BCUT2D eigenvalue weighted by Crippen LogP contribution is -2.29. The first kappa shape index (κ1) is 18.7. The highest BCUT2D eigenvalue weighted by Crippen LogP contribution is 2.25. The van der Waals surface area contributed by atoms with Gasteiger partial charge >= 0.3 is 0 Å². The number of ether oxygens (including phenoxy) is 1. The van der Waals surface area contributed by atoms with Crippen LogP contribution in [0.2, 0.25) is 0 Å². The zero-order valence-corrected chi connectivity index (χ0v) is 16.1. The summed E-state index contributed by atoms with van der Waals surface area (Å²) in [6.45, 7) is 0.744. The molecule has 2 aromatic heterocycles. The summed E-state index contributed by atoms with van der Waals surface area (Å²) in [6, 6.07) is 17.7. The first-order valence-corrected chi connectivity index (χ1v) is 9.40. The van der Waals surface area contributed by atoms with Gasteiger partial charge in [0.1, 0.15) is 12.0 Å². The van der Waals surface area contributed by atoms with Crippen molar-refractivity contribution < 1.29 is 13.9 Å². The molecule has 0 saturated heterocycles. The third-order valence-electron chi connectivity index (χ3n) is 4.69. The molecule has 0 radical (unpaired) electrons. The van der Waals surface area contributed by atoms with Gasteiger partial charge in [-0.05, 0) is 24.1 Å². The second kappa shape index (κ2) is 8.56. The lowest BCUT2D eigenvalue weighted by molar-refractivity contribution is 0.0790. The zero-order valence-electron chi connectivity index (χ0n) is 16.1. The van der Waals surface area contributed by atoms with E-state index in [1.165, 1.54) is 11.8 Å². The minimum Gasteiger partial charge on any atom is -0.483 e. The maximum atomic E-state index is 12.6. The summed E-state index contributed by atoms with van der Waals surface area (Å²) in [5.74, 6) is 0.902. The Labute approximate surface area is 168 Å². The van der Waals surface area contributed by atoms with Crippen LogP contribution in [0.4, 0.5) is 0 Å². The van der Waals surface area contributed by atoms with Crippen LogP contribution in [0.25, 0.3) is 10.8 Å². The molecule has 0 fully saturated rings. The van der Waals surface area contributed by atoms with Crippen molar-refractivity contribution in [2.45, 2.75) is 13.0 Å². The number of benzene rings is 2. The number of likely N-dealkylation sites (N-methyl/N-ethyl adjacent to an activating group) is 1. The van der Waals surface area contributed by atoms with Gasteiger partial charge in [0.25, 0.3) is 5.91 Å². The maximum absolute atomic E-state index is 12.6. The van der Waals surface area contributed by atoms with E-state index in [1.807, 2.05) is 54.6 Å². The summed E-state index contributed by atoms with van der Waals surface area (Å²) in [5.41, 5.74) is 1.47. The molecule has 0 spiro atoms. The molecule has 146 valence electrons. The van der Waals surface area contributed by atoms with Crippen LogP contribution >= 0.6 is 0 Å². The van der Waals surface area contributed by atoms with Crippen LogP contribution in [-0.4, -0.2) is 34.4 Å². The van der Waals surface area contributed by atoms with Crippen molar-refractivity contribution >= 4 is 16.7 Å². The lowest BCUT2D eigenvalue weighted by Gasteiger charge is -2.15. The van der Waals surface area contributed by atoms with E-state index in [4.69, 9.17) is 9.15 Å². The molecule has 29 heavy (non-hydrogen) atoms. The van der Waals surface area contributed by atoms with Crippen molar-refractivity contribution in [3.8, 4) is 5.75 Å². The van der Waals surface area contributed by atoms with Gasteiger partial charge in [-0.1, -0.05) is 42.5 Å². The summed E-state index contributed by atoms with van der Waals surface area (Å²) in [4.78, 5) is 22.6. The van der Waals surface area contributed by atoms with Crippen molar-refractivity contribution in [1.29, 1.82) is 0 Å². The minimum absolute atomic E-state index is 0.141. The van der Waals surface area contributed by atoms with Gasteiger partial charge in [-0.2, -0.15) is 0 Å². The summed E-state index contributed by atoms with van der Waals surface area (Å²) >= 11 is 0. The molecule has 0 saturated carbocycles. The van der Waals surface area contributed by atoms with Gasteiger partial charge in [-0.25, -0.2) is 4.98 Å². The number of fused-ring (bicyclic) bond motifs is 1. The fraction of sp³-hybridized carbons (Fsp3) is 0.174. The van der Waals surface area contributed by atoms with Gasteiger partial charge in [0.15, 0.2) is 12.3 Å². The van der Waals surface area contributed by atoms with Gasteiger partial charge in [-0.15, -0.1) is 0 Å². The molecule has 1 amide bonds. The molecular weight excluding hydrogens is 366 g/mol. The molecular formula is C23H21N3O3. The molecule has 0 atom stereocenters. The first-order chi connectivity index (χ1) is 14.2. The predicted octanol–water partition coefficient (Wildman–Crippen LogP) is 4.12. The summed E-state index contributed by atoms with van der Waals surface area (Å²) < 4.78 is 11.3. The second-order valence-electron chi connectivity index (χ2n) is 6.73. The zero-order chi connectivity index (χ0) is 20.1. The number of oxazole rings is 1. The molecule has 0 N–H and O–H groups in total. The fourth-order valence-corrected chi connectivity index (χ4v) is 3.07. The van der Waals surface area contributed by atoms with Gasteiger partial charge in [0.2, 0.25) is 5.89 Å². The normalized spacial score (nSPS) is 10.8. The van der Waals surface area contributed by atoms with Crippen molar-refractivity contribution in [2.24, 2.45) is 0 Å². The molecule has 0 unspecified atom stereocenters. The van der Waals surface area contributed by atoms with Crippen LogP contribution in [0.3, 0.4) is 0 Å². The summed E-state index contributed by atoms with van der Waals surface area (Å²) in [5, 5.41) is 1.96. The Hall–Kier alpha value is -3.67. The third kappa shape index (κ3) is 4.43. The van der Waals surface area contributed by atoms with Crippen LogP contribution in [0, 0.1) is 0 Å². The standard InChI is InChI=1S/C23H21N3O3/c1-26(13-11-17-6-3-2-4-7-17)23(27)20-15-29-22(25-20)16-28-21-9-5-8-18-14-24-12-10-19(18)21/h2-10,12,14-15H,11,13,16H2,1H3. The number of carbonyl (C=O) groups is 1. The number of aromatic nitrogens is 2. The average molecular weight is 387 g/mol. The van der Waals surface area contributed by atoms with Gasteiger partial charge in [0, 0.05) is 36.8 Å². The number of nitrogens with zero attached hydrogens (tertiary/aromatic N) is 3. The molecule has 2 heterocycles. The van der Waals surface area contributed by atoms with Crippen LogP contribution in [0.1, 0.15) is 21.9 Å². The Balaban J connectivity index is 1.37. The van der Waals surface area contributed by atoms with Gasteiger partial charge in [0.05, 0.1) is 0 Å². The van der Waals surface area contributed by atoms with Crippen LogP contribution < -0.4 is 4.74 Å². The molecule has 0 aliphatic heterocycles. The largest absolute Gasteiger partial charge is 0.483 e. The topological polar surface area (TPSA) is 68.5 Å². The number of carbonyl (C=O) groups excluding carboxylic acids is 1. The number of hydrogen-bond acceptors (Lipinski definition) is 5. The van der Waals surface area contributed by atoms with E-state index >= 15 is 0 Å². The van der Waals surface area contributed by atoms with Crippen molar-refractivity contribution in [3.63, 3.8) is 0 Å².